The van der Waals surface area contributed by atoms with Crippen LogP contribution in [0.15, 0.2) is 5.16 Å². The van der Waals surface area contributed by atoms with Crippen LogP contribution in [0.25, 0.3) is 0 Å². The zero-order chi connectivity index (χ0) is 10.3. The Bertz CT molecular complexity index is 158. The van der Waals surface area contributed by atoms with Gasteiger partial charge in [-0.15, -0.1) is 0 Å². The molecule has 0 aromatic rings. The minimum absolute atomic E-state index is 0.159. The molecule has 0 radical (unpaired) electrons. The molecule has 4 heteroatoms. The first kappa shape index (κ1) is 12.2. The molecule has 0 aliphatic rings. The Hall–Kier alpha value is -0.770. The van der Waals surface area contributed by atoms with E-state index >= 15 is 0 Å². The molecule has 0 aromatic heterocycles. The lowest BCUT2D eigenvalue weighted by molar-refractivity contribution is 0.0835. The maximum Gasteiger partial charge on any atom is 0.168 e. The van der Waals surface area contributed by atoms with Crippen molar-refractivity contribution >= 4 is 5.84 Å². The highest BCUT2D eigenvalue weighted by molar-refractivity contribution is 5.84. The zero-order valence-electron chi connectivity index (χ0n) is 8.66. The third kappa shape index (κ3) is 5.47. The van der Waals surface area contributed by atoms with E-state index < -0.39 is 0 Å². The standard InChI is InChI=1S/C9H20N2O2/c1-4-8(9(10)11-12)13-6-5-7(2)3/h7-8,12H,4-6H2,1-3H3,(H2,10,11). The van der Waals surface area contributed by atoms with Gasteiger partial charge in [0.1, 0.15) is 6.10 Å². The van der Waals surface area contributed by atoms with E-state index in [1.807, 2.05) is 6.92 Å². The topological polar surface area (TPSA) is 67.8 Å². The van der Waals surface area contributed by atoms with Gasteiger partial charge in [0.05, 0.1) is 0 Å². The Morgan fingerprint density at radius 1 is 1.54 bits per heavy atom. The number of ether oxygens (including phenoxy) is 1. The molecule has 0 saturated carbocycles. The molecular formula is C9H20N2O2. The summed E-state index contributed by atoms with van der Waals surface area (Å²) in [6.07, 6.45) is 1.48. The van der Waals surface area contributed by atoms with Crippen LogP contribution >= 0.6 is 0 Å². The number of amidine groups is 1. The van der Waals surface area contributed by atoms with Crippen LogP contribution in [0.1, 0.15) is 33.6 Å². The number of rotatable bonds is 6. The second-order valence-corrected chi connectivity index (χ2v) is 3.48. The van der Waals surface area contributed by atoms with Gasteiger partial charge in [0.15, 0.2) is 5.84 Å². The van der Waals surface area contributed by atoms with Crippen molar-refractivity contribution in [2.75, 3.05) is 6.61 Å². The van der Waals surface area contributed by atoms with Gasteiger partial charge >= 0.3 is 0 Å². The molecule has 78 valence electrons. The van der Waals surface area contributed by atoms with Crippen molar-refractivity contribution in [3.8, 4) is 0 Å². The van der Waals surface area contributed by atoms with E-state index in [9.17, 15) is 0 Å². The van der Waals surface area contributed by atoms with Crippen molar-refractivity contribution in [3.63, 3.8) is 0 Å². The smallest absolute Gasteiger partial charge is 0.168 e. The summed E-state index contributed by atoms with van der Waals surface area (Å²) in [4.78, 5) is 0. The summed E-state index contributed by atoms with van der Waals surface area (Å²) >= 11 is 0. The predicted octanol–water partition coefficient (Wildman–Crippen LogP) is 1.57. The van der Waals surface area contributed by atoms with Gasteiger partial charge in [0.25, 0.3) is 0 Å². The summed E-state index contributed by atoms with van der Waals surface area (Å²) in [5, 5.41) is 11.4. The normalized spacial score (nSPS) is 14.9. The van der Waals surface area contributed by atoms with E-state index in [0.717, 1.165) is 12.8 Å². The third-order valence-electron chi connectivity index (χ3n) is 1.83. The van der Waals surface area contributed by atoms with Crippen LogP contribution in [0.3, 0.4) is 0 Å². The molecule has 13 heavy (non-hydrogen) atoms. The van der Waals surface area contributed by atoms with Crippen LogP contribution in [-0.4, -0.2) is 23.8 Å². The average molecular weight is 188 g/mol. The largest absolute Gasteiger partial charge is 0.409 e. The molecule has 3 N–H and O–H groups in total. The highest BCUT2D eigenvalue weighted by atomic mass is 16.5. The van der Waals surface area contributed by atoms with Crippen molar-refractivity contribution in [1.29, 1.82) is 0 Å². The Labute approximate surface area is 79.8 Å². The van der Waals surface area contributed by atoms with Crippen LogP contribution in [0.2, 0.25) is 0 Å². The lowest BCUT2D eigenvalue weighted by Crippen LogP contribution is -2.31. The fourth-order valence-corrected chi connectivity index (χ4v) is 0.923. The van der Waals surface area contributed by atoms with Gasteiger partial charge in [0.2, 0.25) is 0 Å². The summed E-state index contributed by atoms with van der Waals surface area (Å²) in [6.45, 7) is 6.87. The van der Waals surface area contributed by atoms with E-state index in [2.05, 4.69) is 19.0 Å². The van der Waals surface area contributed by atoms with Gasteiger partial charge in [0, 0.05) is 6.61 Å². The summed E-state index contributed by atoms with van der Waals surface area (Å²) in [5.41, 5.74) is 5.42. The molecule has 0 aromatic carbocycles. The first-order chi connectivity index (χ1) is 6.11. The lowest BCUT2D eigenvalue weighted by atomic mass is 10.1. The van der Waals surface area contributed by atoms with Crippen molar-refractivity contribution in [1.82, 2.24) is 0 Å². The first-order valence-electron chi connectivity index (χ1n) is 4.70. The average Bonchev–Trinajstić information content (AvgIpc) is 2.11. The second kappa shape index (κ2) is 6.71. The highest BCUT2D eigenvalue weighted by Crippen LogP contribution is 2.03. The summed E-state index contributed by atoms with van der Waals surface area (Å²) in [7, 11) is 0. The molecule has 0 spiro atoms. The first-order valence-corrected chi connectivity index (χ1v) is 4.70. The number of oxime groups is 1. The molecule has 1 unspecified atom stereocenters. The van der Waals surface area contributed by atoms with Crippen molar-refractivity contribution in [2.45, 2.75) is 39.7 Å². The molecule has 0 bridgehead atoms. The van der Waals surface area contributed by atoms with Gasteiger partial charge in [-0.2, -0.15) is 0 Å². The maximum absolute atomic E-state index is 8.43. The number of hydrogen-bond donors (Lipinski definition) is 2. The van der Waals surface area contributed by atoms with Crippen LogP contribution in [0.5, 0.6) is 0 Å². The van der Waals surface area contributed by atoms with Gasteiger partial charge < -0.3 is 15.7 Å². The van der Waals surface area contributed by atoms with Crippen LogP contribution < -0.4 is 5.73 Å². The van der Waals surface area contributed by atoms with E-state index in [4.69, 9.17) is 15.7 Å². The Morgan fingerprint density at radius 2 is 2.15 bits per heavy atom. The lowest BCUT2D eigenvalue weighted by Gasteiger charge is -2.14. The van der Waals surface area contributed by atoms with Crippen LogP contribution in [0.4, 0.5) is 0 Å². The molecule has 0 saturated heterocycles. The van der Waals surface area contributed by atoms with Crippen LogP contribution in [-0.2, 0) is 4.74 Å². The van der Waals surface area contributed by atoms with Crippen molar-refractivity contribution in [2.24, 2.45) is 16.8 Å². The van der Waals surface area contributed by atoms with Gasteiger partial charge in [-0.1, -0.05) is 25.9 Å². The number of nitrogens with zero attached hydrogens (tertiary/aromatic N) is 1. The molecule has 0 rings (SSSR count). The Balaban J connectivity index is 3.73. The van der Waals surface area contributed by atoms with Crippen molar-refractivity contribution < 1.29 is 9.94 Å². The van der Waals surface area contributed by atoms with E-state index in [0.29, 0.717) is 12.5 Å². The van der Waals surface area contributed by atoms with Crippen LogP contribution in [0, 0.1) is 5.92 Å². The molecule has 1 atom stereocenters. The van der Waals surface area contributed by atoms with E-state index in [1.54, 1.807) is 0 Å². The Morgan fingerprint density at radius 3 is 2.54 bits per heavy atom. The summed E-state index contributed by atoms with van der Waals surface area (Å²) < 4.78 is 5.44. The SMILES string of the molecule is CCC(OCCC(C)C)C(N)=NO. The van der Waals surface area contributed by atoms with Gasteiger partial charge in [-0.05, 0) is 18.8 Å². The fraction of sp³-hybridized carbons (Fsp3) is 0.889. The fourth-order valence-electron chi connectivity index (χ4n) is 0.923. The minimum Gasteiger partial charge on any atom is -0.409 e. The molecule has 0 fully saturated rings. The summed E-state index contributed by atoms with van der Waals surface area (Å²) in [5.74, 6) is 0.774. The van der Waals surface area contributed by atoms with Gasteiger partial charge in [-0.3, -0.25) is 0 Å². The monoisotopic (exact) mass is 188 g/mol. The maximum atomic E-state index is 8.43. The minimum atomic E-state index is -0.247. The molecule has 0 aliphatic carbocycles. The van der Waals surface area contributed by atoms with E-state index in [1.165, 1.54) is 0 Å². The predicted molar refractivity (Wildman–Crippen MR) is 52.9 cm³/mol. The molecule has 0 heterocycles. The number of nitrogens with two attached hydrogens (primary N) is 1. The summed E-state index contributed by atoms with van der Waals surface area (Å²) in [6, 6.07) is 0. The zero-order valence-corrected chi connectivity index (χ0v) is 8.66. The molecular weight excluding hydrogens is 168 g/mol. The molecule has 0 aliphatic heterocycles. The van der Waals surface area contributed by atoms with Gasteiger partial charge in [-0.25, -0.2) is 0 Å². The van der Waals surface area contributed by atoms with Crippen molar-refractivity contribution in [3.05, 3.63) is 0 Å². The molecule has 4 nitrogen and oxygen atoms in total. The van der Waals surface area contributed by atoms with E-state index in [-0.39, 0.29) is 11.9 Å². The second-order valence-electron chi connectivity index (χ2n) is 3.48. The quantitative estimate of drug-likeness (QED) is 0.288. The third-order valence-corrected chi connectivity index (χ3v) is 1.83. The Kier molecular flexibility index (Phi) is 6.32. The highest BCUT2D eigenvalue weighted by Gasteiger charge is 2.11. The molecule has 0 amide bonds. The number of hydrogen-bond acceptors (Lipinski definition) is 3.